The first-order chi connectivity index (χ1) is 11.1. The number of amides is 2. The fourth-order valence-electron chi connectivity index (χ4n) is 2.78. The van der Waals surface area contributed by atoms with Gasteiger partial charge in [0, 0.05) is 17.6 Å². The van der Waals surface area contributed by atoms with Gasteiger partial charge in [-0.15, -0.1) is 0 Å². The van der Waals surface area contributed by atoms with Gasteiger partial charge in [-0.1, -0.05) is 6.42 Å². The van der Waals surface area contributed by atoms with E-state index < -0.39 is 0 Å². The Bertz CT molecular complexity index is 530. The topological polar surface area (TPSA) is 93.5 Å². The Morgan fingerprint density at radius 2 is 2.00 bits per heavy atom. The van der Waals surface area contributed by atoms with Crippen molar-refractivity contribution in [2.24, 2.45) is 11.7 Å². The number of hydrogen-bond donors (Lipinski definition) is 3. The molecule has 1 aliphatic carbocycles. The first kappa shape index (κ1) is 17.3. The van der Waals surface area contributed by atoms with Crippen LogP contribution in [0.1, 0.15) is 32.6 Å². The van der Waals surface area contributed by atoms with Crippen molar-refractivity contribution in [1.82, 2.24) is 5.32 Å². The molecule has 1 saturated carbocycles. The van der Waals surface area contributed by atoms with Crippen molar-refractivity contribution in [3.63, 3.8) is 0 Å². The maximum Gasteiger partial charge on any atom is 0.243 e. The Hall–Kier alpha value is -2.08. The molecule has 6 heteroatoms. The predicted octanol–water partition coefficient (Wildman–Crippen LogP) is 1.66. The normalized spacial score (nSPS) is 20.6. The average Bonchev–Trinajstić information content (AvgIpc) is 2.55. The molecule has 0 saturated heterocycles. The molecule has 0 bridgehead atoms. The van der Waals surface area contributed by atoms with Crippen molar-refractivity contribution in [3.05, 3.63) is 24.3 Å². The van der Waals surface area contributed by atoms with Crippen LogP contribution < -0.4 is 21.1 Å². The second kappa shape index (κ2) is 8.53. The molecule has 0 aliphatic heterocycles. The zero-order chi connectivity index (χ0) is 16.7. The van der Waals surface area contributed by atoms with E-state index in [0.717, 1.165) is 25.0 Å². The van der Waals surface area contributed by atoms with Crippen LogP contribution in [0.2, 0.25) is 0 Å². The van der Waals surface area contributed by atoms with Crippen LogP contribution in [0.5, 0.6) is 5.75 Å². The summed E-state index contributed by atoms with van der Waals surface area (Å²) >= 11 is 0. The molecule has 126 valence electrons. The molecule has 1 aromatic carbocycles. The van der Waals surface area contributed by atoms with Gasteiger partial charge in [0.2, 0.25) is 11.8 Å². The third-order valence-electron chi connectivity index (χ3n) is 3.96. The number of carbonyl (C=O) groups is 2. The van der Waals surface area contributed by atoms with Crippen molar-refractivity contribution in [2.45, 2.75) is 38.6 Å². The number of ether oxygens (including phenoxy) is 1. The summed E-state index contributed by atoms with van der Waals surface area (Å²) in [4.78, 5) is 23.9. The third-order valence-corrected chi connectivity index (χ3v) is 3.96. The number of benzene rings is 1. The molecule has 2 unspecified atom stereocenters. The average molecular weight is 319 g/mol. The first-order valence-corrected chi connectivity index (χ1v) is 8.14. The fourth-order valence-corrected chi connectivity index (χ4v) is 2.78. The van der Waals surface area contributed by atoms with E-state index in [1.807, 2.05) is 6.92 Å². The van der Waals surface area contributed by atoms with E-state index in [1.54, 1.807) is 24.3 Å². The van der Waals surface area contributed by atoms with Crippen LogP contribution in [0.25, 0.3) is 0 Å². The lowest BCUT2D eigenvalue weighted by Crippen LogP contribution is -2.40. The molecule has 2 atom stereocenters. The summed E-state index contributed by atoms with van der Waals surface area (Å²) in [7, 11) is 0. The van der Waals surface area contributed by atoms with Crippen molar-refractivity contribution < 1.29 is 14.3 Å². The molecular formula is C17H25N3O3. The van der Waals surface area contributed by atoms with Crippen molar-refractivity contribution in [1.29, 1.82) is 0 Å². The SMILES string of the molecule is CCOc1ccc(NC(=O)CNC(=O)C2CCCC(N)C2)cc1. The lowest BCUT2D eigenvalue weighted by atomic mass is 9.85. The van der Waals surface area contributed by atoms with Crippen LogP contribution in [0.3, 0.4) is 0 Å². The summed E-state index contributed by atoms with van der Waals surface area (Å²) in [5.74, 6) is 0.356. The van der Waals surface area contributed by atoms with Gasteiger partial charge in [0.1, 0.15) is 5.75 Å². The summed E-state index contributed by atoms with van der Waals surface area (Å²) in [5.41, 5.74) is 6.56. The van der Waals surface area contributed by atoms with Gasteiger partial charge in [-0.3, -0.25) is 9.59 Å². The summed E-state index contributed by atoms with van der Waals surface area (Å²) in [5, 5.41) is 5.44. The minimum absolute atomic E-state index is 0.0300. The van der Waals surface area contributed by atoms with Crippen LogP contribution in [0.15, 0.2) is 24.3 Å². The zero-order valence-corrected chi connectivity index (χ0v) is 13.5. The molecule has 1 fully saturated rings. The molecule has 1 aromatic rings. The highest BCUT2D eigenvalue weighted by atomic mass is 16.5. The van der Waals surface area contributed by atoms with Gasteiger partial charge in [0.15, 0.2) is 0 Å². The van der Waals surface area contributed by atoms with Gasteiger partial charge in [-0.05, 0) is 50.5 Å². The Morgan fingerprint density at radius 3 is 2.65 bits per heavy atom. The number of nitrogens with two attached hydrogens (primary N) is 1. The highest BCUT2D eigenvalue weighted by Crippen LogP contribution is 2.23. The first-order valence-electron chi connectivity index (χ1n) is 8.14. The van der Waals surface area contributed by atoms with E-state index in [1.165, 1.54) is 0 Å². The maximum absolute atomic E-state index is 12.1. The number of rotatable bonds is 6. The number of nitrogens with one attached hydrogen (secondary N) is 2. The number of hydrogen-bond acceptors (Lipinski definition) is 4. The van der Waals surface area contributed by atoms with E-state index in [9.17, 15) is 9.59 Å². The van der Waals surface area contributed by atoms with Crippen molar-refractivity contribution in [2.75, 3.05) is 18.5 Å². The lowest BCUT2D eigenvalue weighted by molar-refractivity contribution is -0.128. The summed E-state index contributed by atoms with van der Waals surface area (Å²) < 4.78 is 5.34. The van der Waals surface area contributed by atoms with Gasteiger partial charge in [-0.25, -0.2) is 0 Å². The quantitative estimate of drug-likeness (QED) is 0.743. The Kier molecular flexibility index (Phi) is 6.40. The van der Waals surface area contributed by atoms with Crippen LogP contribution in [0.4, 0.5) is 5.69 Å². The van der Waals surface area contributed by atoms with Gasteiger partial charge >= 0.3 is 0 Å². The number of carbonyl (C=O) groups excluding carboxylic acids is 2. The van der Waals surface area contributed by atoms with Crippen LogP contribution in [-0.2, 0) is 9.59 Å². The molecule has 0 heterocycles. The standard InChI is InChI=1S/C17H25N3O3/c1-2-23-15-8-6-14(7-9-15)20-16(21)11-19-17(22)12-4-3-5-13(18)10-12/h6-9,12-13H,2-5,10-11,18H2,1H3,(H,19,22)(H,20,21). The molecule has 0 aromatic heterocycles. The van der Waals surface area contributed by atoms with Crippen LogP contribution >= 0.6 is 0 Å². The molecular weight excluding hydrogens is 294 g/mol. The van der Waals surface area contributed by atoms with Crippen LogP contribution in [0, 0.1) is 5.92 Å². The zero-order valence-electron chi connectivity index (χ0n) is 13.5. The van der Waals surface area contributed by atoms with Crippen molar-refractivity contribution >= 4 is 17.5 Å². The molecule has 2 rings (SSSR count). The molecule has 0 spiro atoms. The predicted molar refractivity (Wildman–Crippen MR) is 89.2 cm³/mol. The van der Waals surface area contributed by atoms with Gasteiger partial charge < -0.3 is 21.1 Å². The van der Waals surface area contributed by atoms with E-state index in [4.69, 9.17) is 10.5 Å². The van der Waals surface area contributed by atoms with E-state index >= 15 is 0 Å². The Balaban J connectivity index is 1.75. The highest BCUT2D eigenvalue weighted by molar-refractivity contribution is 5.94. The fraction of sp³-hybridized carbons (Fsp3) is 0.529. The maximum atomic E-state index is 12.1. The highest BCUT2D eigenvalue weighted by Gasteiger charge is 2.25. The molecule has 6 nitrogen and oxygen atoms in total. The minimum atomic E-state index is -0.248. The molecule has 2 amide bonds. The van der Waals surface area contributed by atoms with E-state index in [0.29, 0.717) is 18.7 Å². The number of anilines is 1. The Labute approximate surface area is 136 Å². The summed E-state index contributed by atoms with van der Waals surface area (Å²) in [6, 6.07) is 7.22. The minimum Gasteiger partial charge on any atom is -0.494 e. The van der Waals surface area contributed by atoms with E-state index in [2.05, 4.69) is 10.6 Å². The Morgan fingerprint density at radius 1 is 1.26 bits per heavy atom. The second-order valence-corrected chi connectivity index (χ2v) is 5.85. The summed E-state index contributed by atoms with van der Waals surface area (Å²) in [6.45, 7) is 2.48. The van der Waals surface area contributed by atoms with Gasteiger partial charge in [-0.2, -0.15) is 0 Å². The lowest BCUT2D eigenvalue weighted by Gasteiger charge is -2.25. The van der Waals surface area contributed by atoms with Crippen LogP contribution in [-0.4, -0.2) is 31.0 Å². The molecule has 4 N–H and O–H groups in total. The smallest absolute Gasteiger partial charge is 0.243 e. The molecule has 23 heavy (non-hydrogen) atoms. The van der Waals surface area contributed by atoms with E-state index in [-0.39, 0.29) is 30.3 Å². The molecule has 0 radical (unpaired) electrons. The third kappa shape index (κ3) is 5.56. The van der Waals surface area contributed by atoms with Gasteiger partial charge in [0.05, 0.1) is 13.2 Å². The van der Waals surface area contributed by atoms with Crippen molar-refractivity contribution in [3.8, 4) is 5.75 Å². The second-order valence-electron chi connectivity index (χ2n) is 5.85. The summed E-state index contributed by atoms with van der Waals surface area (Å²) in [6.07, 6.45) is 3.49. The van der Waals surface area contributed by atoms with Gasteiger partial charge in [0.25, 0.3) is 0 Å². The monoisotopic (exact) mass is 319 g/mol. The largest absolute Gasteiger partial charge is 0.494 e. The molecule has 1 aliphatic rings.